The van der Waals surface area contributed by atoms with Gasteiger partial charge in [-0.1, -0.05) is 0 Å². The third-order valence-corrected chi connectivity index (χ3v) is 4.35. The molecule has 0 atom stereocenters. The van der Waals surface area contributed by atoms with E-state index in [9.17, 15) is 18.0 Å². The lowest BCUT2D eigenvalue weighted by Gasteiger charge is -2.06. The fourth-order valence-electron chi connectivity index (χ4n) is 1.69. The number of nitrogens with one attached hydrogen (secondary N) is 3. The molecule has 1 aliphatic rings. The SMILES string of the molecule is O=C(CCCNS(=O)(=O)c1[nH]ncc1C(=O)O)NC1CC1. The first-order valence-electron chi connectivity index (χ1n) is 6.46. The van der Waals surface area contributed by atoms with E-state index in [0.29, 0.717) is 6.42 Å². The average molecular weight is 316 g/mol. The number of aromatic nitrogens is 2. The van der Waals surface area contributed by atoms with Crippen LogP contribution in [-0.2, 0) is 14.8 Å². The van der Waals surface area contributed by atoms with Gasteiger partial charge in [-0.2, -0.15) is 5.10 Å². The van der Waals surface area contributed by atoms with Crippen LogP contribution in [0.4, 0.5) is 0 Å². The summed E-state index contributed by atoms with van der Waals surface area (Å²) in [4.78, 5) is 22.3. The van der Waals surface area contributed by atoms with Gasteiger partial charge in [0.25, 0.3) is 10.0 Å². The zero-order chi connectivity index (χ0) is 15.5. The number of hydrogen-bond acceptors (Lipinski definition) is 5. The Morgan fingerprint density at radius 3 is 2.76 bits per heavy atom. The summed E-state index contributed by atoms with van der Waals surface area (Å²) in [5.41, 5.74) is -0.422. The molecule has 1 aromatic rings. The predicted octanol–water partition coefficient (Wildman–Crippen LogP) is -0.555. The molecule has 1 amide bonds. The molecule has 0 unspecified atom stereocenters. The smallest absolute Gasteiger partial charge is 0.340 e. The first-order valence-corrected chi connectivity index (χ1v) is 7.94. The lowest BCUT2D eigenvalue weighted by atomic mass is 10.3. The van der Waals surface area contributed by atoms with Crippen LogP contribution in [0.1, 0.15) is 36.0 Å². The van der Waals surface area contributed by atoms with Gasteiger partial charge in [0.1, 0.15) is 5.56 Å². The molecule has 116 valence electrons. The number of hydrogen-bond donors (Lipinski definition) is 4. The molecule has 0 spiro atoms. The van der Waals surface area contributed by atoms with Crippen molar-refractivity contribution in [3.8, 4) is 0 Å². The summed E-state index contributed by atoms with van der Waals surface area (Å²) in [5, 5.41) is 16.7. The summed E-state index contributed by atoms with van der Waals surface area (Å²) in [6.45, 7) is 0.0402. The first-order chi connectivity index (χ1) is 9.90. The maximum Gasteiger partial charge on any atom is 0.340 e. The molecule has 10 heteroatoms. The van der Waals surface area contributed by atoms with Crippen LogP contribution in [0.15, 0.2) is 11.2 Å². The molecule has 0 bridgehead atoms. The number of carbonyl (C=O) groups is 2. The molecule has 4 N–H and O–H groups in total. The van der Waals surface area contributed by atoms with Crippen molar-refractivity contribution >= 4 is 21.9 Å². The van der Waals surface area contributed by atoms with E-state index in [-0.39, 0.29) is 24.9 Å². The number of carboxylic acids is 1. The molecule has 1 heterocycles. The second-order valence-corrected chi connectivity index (χ2v) is 6.46. The Hall–Kier alpha value is -1.94. The normalized spacial score (nSPS) is 14.9. The maximum atomic E-state index is 11.9. The van der Waals surface area contributed by atoms with Crippen molar-refractivity contribution in [1.82, 2.24) is 20.2 Å². The lowest BCUT2D eigenvalue weighted by molar-refractivity contribution is -0.121. The number of H-pyrrole nitrogens is 1. The number of amides is 1. The van der Waals surface area contributed by atoms with Gasteiger partial charge in [0.15, 0.2) is 5.03 Å². The topological polar surface area (TPSA) is 141 Å². The average Bonchev–Trinajstić information content (AvgIpc) is 3.06. The summed E-state index contributed by atoms with van der Waals surface area (Å²) in [5.74, 6) is -1.49. The van der Waals surface area contributed by atoms with Crippen molar-refractivity contribution in [3.05, 3.63) is 11.8 Å². The third kappa shape index (κ3) is 4.26. The van der Waals surface area contributed by atoms with Crippen LogP contribution in [0.25, 0.3) is 0 Å². The molecule has 0 aromatic carbocycles. The second kappa shape index (κ2) is 6.22. The number of carboxylic acid groups (broad SMARTS) is 1. The number of aromatic carboxylic acids is 1. The molecule has 1 aliphatic carbocycles. The minimum Gasteiger partial charge on any atom is -0.478 e. The highest BCUT2D eigenvalue weighted by molar-refractivity contribution is 7.89. The van der Waals surface area contributed by atoms with Crippen LogP contribution >= 0.6 is 0 Å². The quantitative estimate of drug-likeness (QED) is 0.474. The Labute approximate surface area is 121 Å². The zero-order valence-corrected chi connectivity index (χ0v) is 11.9. The van der Waals surface area contributed by atoms with Gasteiger partial charge in [0.05, 0.1) is 6.20 Å². The molecule has 0 aliphatic heterocycles. The summed E-state index contributed by atoms with van der Waals surface area (Å²) in [6, 6.07) is 0.275. The van der Waals surface area contributed by atoms with Gasteiger partial charge >= 0.3 is 5.97 Å². The van der Waals surface area contributed by atoms with Gasteiger partial charge < -0.3 is 10.4 Å². The molecule has 0 saturated heterocycles. The molecule has 9 nitrogen and oxygen atoms in total. The monoisotopic (exact) mass is 316 g/mol. The van der Waals surface area contributed by atoms with Crippen molar-refractivity contribution in [1.29, 1.82) is 0 Å². The summed E-state index contributed by atoms with van der Waals surface area (Å²) < 4.78 is 26.0. The van der Waals surface area contributed by atoms with E-state index >= 15 is 0 Å². The van der Waals surface area contributed by atoms with Crippen LogP contribution in [0.2, 0.25) is 0 Å². The maximum absolute atomic E-state index is 11.9. The molecule has 1 saturated carbocycles. The van der Waals surface area contributed by atoms with Crippen molar-refractivity contribution in [3.63, 3.8) is 0 Å². The van der Waals surface area contributed by atoms with E-state index in [1.165, 1.54) is 0 Å². The number of rotatable bonds is 8. The molecular formula is C11H16N4O5S. The Balaban J connectivity index is 1.82. The minimum absolute atomic E-state index is 0.0402. The van der Waals surface area contributed by atoms with Gasteiger partial charge in [-0.25, -0.2) is 17.9 Å². The second-order valence-electron chi connectivity index (χ2n) is 4.76. The number of carbonyl (C=O) groups excluding carboxylic acids is 1. The standard InChI is InChI=1S/C11H16N4O5S/c16-9(14-7-3-4-7)2-1-5-13-21(19,20)10-8(11(17)18)6-12-15-10/h6-7,13H,1-5H2,(H,12,15)(H,14,16)(H,17,18). The Morgan fingerprint density at radius 1 is 1.43 bits per heavy atom. The van der Waals surface area contributed by atoms with E-state index < -0.39 is 26.6 Å². The van der Waals surface area contributed by atoms with Gasteiger partial charge in [0, 0.05) is 19.0 Å². The van der Waals surface area contributed by atoms with Gasteiger partial charge in [-0.05, 0) is 19.3 Å². The van der Waals surface area contributed by atoms with Crippen molar-refractivity contribution < 1.29 is 23.1 Å². The lowest BCUT2D eigenvalue weighted by Crippen LogP contribution is -2.29. The minimum atomic E-state index is -3.98. The predicted molar refractivity (Wildman–Crippen MR) is 71.1 cm³/mol. The molecule has 0 radical (unpaired) electrons. The molecular weight excluding hydrogens is 300 g/mol. The largest absolute Gasteiger partial charge is 0.478 e. The van der Waals surface area contributed by atoms with Crippen LogP contribution in [0.5, 0.6) is 0 Å². The summed E-state index contributed by atoms with van der Waals surface area (Å²) in [6.07, 6.45) is 3.47. The Morgan fingerprint density at radius 2 is 2.14 bits per heavy atom. The van der Waals surface area contributed by atoms with Crippen molar-refractivity contribution in [2.24, 2.45) is 0 Å². The zero-order valence-electron chi connectivity index (χ0n) is 11.1. The Bertz CT molecular complexity index is 635. The summed E-state index contributed by atoms with van der Waals surface area (Å²) in [7, 11) is -3.98. The van der Waals surface area contributed by atoms with E-state index in [0.717, 1.165) is 19.0 Å². The number of nitrogens with zero attached hydrogens (tertiary/aromatic N) is 1. The molecule has 1 aromatic heterocycles. The van der Waals surface area contributed by atoms with E-state index in [1.807, 2.05) is 0 Å². The van der Waals surface area contributed by atoms with Crippen LogP contribution < -0.4 is 10.0 Å². The Kier molecular flexibility index (Phi) is 4.58. The van der Waals surface area contributed by atoms with Crippen molar-refractivity contribution in [2.75, 3.05) is 6.54 Å². The highest BCUT2D eigenvalue weighted by atomic mass is 32.2. The highest BCUT2D eigenvalue weighted by Crippen LogP contribution is 2.18. The highest BCUT2D eigenvalue weighted by Gasteiger charge is 2.25. The fraction of sp³-hybridized carbons (Fsp3) is 0.545. The third-order valence-electron chi connectivity index (χ3n) is 2.92. The fourth-order valence-corrected chi connectivity index (χ4v) is 2.85. The summed E-state index contributed by atoms with van der Waals surface area (Å²) >= 11 is 0. The number of aromatic amines is 1. The van der Waals surface area contributed by atoms with Crippen LogP contribution in [0.3, 0.4) is 0 Å². The first kappa shape index (κ1) is 15.4. The molecule has 21 heavy (non-hydrogen) atoms. The van der Waals surface area contributed by atoms with Crippen LogP contribution in [-0.4, -0.2) is 48.2 Å². The van der Waals surface area contributed by atoms with Gasteiger partial charge in [-0.3, -0.25) is 9.89 Å². The van der Waals surface area contributed by atoms with E-state index in [1.54, 1.807) is 0 Å². The molecule has 1 fully saturated rings. The number of sulfonamides is 1. The van der Waals surface area contributed by atoms with E-state index in [2.05, 4.69) is 20.2 Å². The molecule has 2 rings (SSSR count). The van der Waals surface area contributed by atoms with E-state index in [4.69, 9.17) is 5.11 Å². The van der Waals surface area contributed by atoms with Gasteiger partial charge in [0.2, 0.25) is 5.91 Å². The van der Waals surface area contributed by atoms with Gasteiger partial charge in [-0.15, -0.1) is 0 Å². The van der Waals surface area contributed by atoms with Crippen LogP contribution in [0, 0.1) is 0 Å². The van der Waals surface area contributed by atoms with Crippen molar-refractivity contribution in [2.45, 2.75) is 36.8 Å².